The molecule has 8 heteroatoms. The van der Waals surface area contributed by atoms with Crippen molar-refractivity contribution in [1.82, 2.24) is 10.2 Å². The number of hydrogen-bond donors (Lipinski definition) is 1. The van der Waals surface area contributed by atoms with Gasteiger partial charge in [0.1, 0.15) is 5.75 Å². The molecular formula is C18H16ClN3O4. The Balaban J connectivity index is 1.75. The highest BCUT2D eigenvalue weighted by Gasteiger charge is 2.14. The van der Waals surface area contributed by atoms with E-state index in [2.05, 4.69) is 15.5 Å². The minimum Gasteiger partial charge on any atom is -0.496 e. The lowest BCUT2D eigenvalue weighted by Gasteiger charge is -2.08. The Morgan fingerprint density at radius 1 is 1.19 bits per heavy atom. The van der Waals surface area contributed by atoms with E-state index in [-0.39, 0.29) is 6.54 Å². The van der Waals surface area contributed by atoms with Gasteiger partial charge in [-0.2, -0.15) is 0 Å². The Labute approximate surface area is 154 Å². The van der Waals surface area contributed by atoms with E-state index in [1.54, 1.807) is 25.3 Å². The SMILES string of the molecule is COC(=O)c1ccc(Cl)c(NCc2nnc(-c3ccccc3OC)o2)c1. The smallest absolute Gasteiger partial charge is 0.337 e. The van der Waals surface area contributed by atoms with Gasteiger partial charge >= 0.3 is 5.97 Å². The second kappa shape index (κ2) is 7.88. The molecular weight excluding hydrogens is 358 g/mol. The number of benzene rings is 2. The second-order valence-electron chi connectivity index (χ2n) is 5.24. The number of carbonyl (C=O) groups is 1. The zero-order valence-electron chi connectivity index (χ0n) is 14.2. The average molecular weight is 374 g/mol. The molecule has 134 valence electrons. The van der Waals surface area contributed by atoms with E-state index in [1.807, 2.05) is 24.3 Å². The van der Waals surface area contributed by atoms with Crippen LogP contribution in [0.5, 0.6) is 5.75 Å². The van der Waals surface area contributed by atoms with Crippen molar-refractivity contribution in [3.8, 4) is 17.2 Å². The van der Waals surface area contributed by atoms with Crippen molar-refractivity contribution in [2.24, 2.45) is 0 Å². The molecule has 7 nitrogen and oxygen atoms in total. The van der Waals surface area contributed by atoms with Crippen molar-refractivity contribution in [1.29, 1.82) is 0 Å². The van der Waals surface area contributed by atoms with E-state index < -0.39 is 5.97 Å². The summed E-state index contributed by atoms with van der Waals surface area (Å²) in [5, 5.41) is 11.6. The fourth-order valence-electron chi connectivity index (χ4n) is 2.33. The summed E-state index contributed by atoms with van der Waals surface area (Å²) in [6, 6.07) is 12.2. The number of halogens is 1. The molecule has 1 N–H and O–H groups in total. The molecule has 0 bridgehead atoms. The van der Waals surface area contributed by atoms with E-state index in [4.69, 9.17) is 25.5 Å². The average Bonchev–Trinajstić information content (AvgIpc) is 3.15. The third kappa shape index (κ3) is 3.78. The molecule has 0 aliphatic heterocycles. The van der Waals surface area contributed by atoms with Gasteiger partial charge in [-0.25, -0.2) is 4.79 Å². The van der Waals surface area contributed by atoms with Gasteiger partial charge in [-0.15, -0.1) is 10.2 Å². The summed E-state index contributed by atoms with van der Waals surface area (Å²) < 4.78 is 15.7. The van der Waals surface area contributed by atoms with Gasteiger partial charge in [0.15, 0.2) is 0 Å². The van der Waals surface area contributed by atoms with Crippen LogP contribution in [0.3, 0.4) is 0 Å². The minimum absolute atomic E-state index is 0.243. The molecule has 1 heterocycles. The summed E-state index contributed by atoms with van der Waals surface area (Å²) in [6.45, 7) is 0.243. The Hall–Kier alpha value is -3.06. The fraction of sp³-hybridized carbons (Fsp3) is 0.167. The molecule has 0 fully saturated rings. The summed E-state index contributed by atoms with van der Waals surface area (Å²) in [5.41, 5.74) is 1.66. The number of para-hydroxylation sites is 1. The number of ether oxygens (including phenoxy) is 2. The predicted octanol–water partition coefficient (Wildman–Crippen LogP) is 3.80. The molecule has 0 saturated carbocycles. The van der Waals surface area contributed by atoms with E-state index in [0.29, 0.717) is 39.4 Å². The standard InChI is InChI=1S/C18H16ClN3O4/c1-24-15-6-4-3-5-12(15)17-22-21-16(26-17)10-20-14-9-11(18(23)25-2)7-8-13(14)19/h3-9,20H,10H2,1-2H3. The van der Waals surface area contributed by atoms with Crippen LogP contribution in [0, 0.1) is 0 Å². The number of methoxy groups -OCH3 is 2. The highest BCUT2D eigenvalue weighted by molar-refractivity contribution is 6.33. The number of nitrogens with zero attached hydrogens (tertiary/aromatic N) is 2. The Bertz CT molecular complexity index is 926. The molecule has 0 aliphatic carbocycles. The molecule has 0 aliphatic rings. The van der Waals surface area contributed by atoms with Crippen molar-refractivity contribution in [3.05, 3.63) is 58.9 Å². The van der Waals surface area contributed by atoms with Crippen molar-refractivity contribution in [3.63, 3.8) is 0 Å². The van der Waals surface area contributed by atoms with Gasteiger partial charge in [0.2, 0.25) is 5.89 Å². The minimum atomic E-state index is -0.444. The maximum Gasteiger partial charge on any atom is 0.337 e. The van der Waals surface area contributed by atoms with Crippen LogP contribution in [-0.4, -0.2) is 30.4 Å². The van der Waals surface area contributed by atoms with Gasteiger partial charge in [-0.05, 0) is 30.3 Å². The topological polar surface area (TPSA) is 86.5 Å². The fourth-order valence-corrected chi connectivity index (χ4v) is 2.52. The lowest BCUT2D eigenvalue weighted by atomic mass is 10.2. The summed E-state index contributed by atoms with van der Waals surface area (Å²) in [6.07, 6.45) is 0. The van der Waals surface area contributed by atoms with Crippen LogP contribution in [0.25, 0.3) is 11.5 Å². The van der Waals surface area contributed by atoms with E-state index >= 15 is 0 Å². The van der Waals surface area contributed by atoms with Gasteiger partial charge < -0.3 is 19.2 Å². The number of esters is 1. The number of carbonyl (C=O) groups excluding carboxylic acids is 1. The Kier molecular flexibility index (Phi) is 5.38. The van der Waals surface area contributed by atoms with Crippen molar-refractivity contribution < 1.29 is 18.7 Å². The third-order valence-corrected chi connectivity index (χ3v) is 3.95. The predicted molar refractivity (Wildman–Crippen MR) is 96.4 cm³/mol. The quantitative estimate of drug-likeness (QED) is 0.657. The molecule has 3 rings (SSSR count). The van der Waals surface area contributed by atoms with Crippen LogP contribution >= 0.6 is 11.6 Å². The molecule has 0 radical (unpaired) electrons. The lowest BCUT2D eigenvalue weighted by molar-refractivity contribution is 0.0601. The van der Waals surface area contributed by atoms with Gasteiger partial charge in [0.05, 0.1) is 42.6 Å². The number of nitrogens with one attached hydrogen (secondary N) is 1. The Morgan fingerprint density at radius 2 is 2.00 bits per heavy atom. The maximum absolute atomic E-state index is 11.6. The molecule has 3 aromatic rings. The molecule has 1 aromatic heterocycles. The van der Waals surface area contributed by atoms with E-state index in [0.717, 1.165) is 0 Å². The molecule has 0 saturated heterocycles. The summed E-state index contributed by atoms with van der Waals surface area (Å²) >= 11 is 6.15. The zero-order valence-corrected chi connectivity index (χ0v) is 14.9. The molecule has 0 unspecified atom stereocenters. The lowest BCUT2D eigenvalue weighted by Crippen LogP contribution is -2.04. The number of aromatic nitrogens is 2. The second-order valence-corrected chi connectivity index (χ2v) is 5.65. The largest absolute Gasteiger partial charge is 0.496 e. The molecule has 0 spiro atoms. The summed E-state index contributed by atoms with van der Waals surface area (Å²) in [7, 11) is 2.90. The van der Waals surface area contributed by atoms with E-state index in [9.17, 15) is 4.79 Å². The number of hydrogen-bond acceptors (Lipinski definition) is 7. The van der Waals surface area contributed by atoms with Crippen LogP contribution < -0.4 is 10.1 Å². The van der Waals surface area contributed by atoms with Gasteiger partial charge in [0, 0.05) is 0 Å². The first-order valence-electron chi connectivity index (χ1n) is 7.70. The zero-order chi connectivity index (χ0) is 18.5. The highest BCUT2D eigenvalue weighted by atomic mass is 35.5. The van der Waals surface area contributed by atoms with Crippen LogP contribution in [-0.2, 0) is 11.3 Å². The normalized spacial score (nSPS) is 10.4. The van der Waals surface area contributed by atoms with Gasteiger partial charge in [-0.1, -0.05) is 23.7 Å². The van der Waals surface area contributed by atoms with Gasteiger partial charge in [-0.3, -0.25) is 0 Å². The first kappa shape index (κ1) is 17.8. The molecule has 26 heavy (non-hydrogen) atoms. The van der Waals surface area contributed by atoms with E-state index in [1.165, 1.54) is 7.11 Å². The number of rotatable bonds is 6. The summed E-state index contributed by atoms with van der Waals surface area (Å²) in [4.78, 5) is 11.6. The Morgan fingerprint density at radius 3 is 2.77 bits per heavy atom. The molecule has 2 aromatic carbocycles. The van der Waals surface area contributed by atoms with Crippen LogP contribution in [0.1, 0.15) is 16.2 Å². The first-order valence-corrected chi connectivity index (χ1v) is 8.07. The molecule has 0 atom stereocenters. The van der Waals surface area contributed by atoms with Crippen LogP contribution in [0.15, 0.2) is 46.9 Å². The van der Waals surface area contributed by atoms with Gasteiger partial charge in [0.25, 0.3) is 5.89 Å². The van der Waals surface area contributed by atoms with Crippen molar-refractivity contribution in [2.45, 2.75) is 6.54 Å². The third-order valence-electron chi connectivity index (χ3n) is 3.62. The highest BCUT2D eigenvalue weighted by Crippen LogP contribution is 2.29. The van der Waals surface area contributed by atoms with Crippen molar-refractivity contribution in [2.75, 3.05) is 19.5 Å². The monoisotopic (exact) mass is 373 g/mol. The number of anilines is 1. The van der Waals surface area contributed by atoms with Crippen LogP contribution in [0.4, 0.5) is 5.69 Å². The van der Waals surface area contributed by atoms with Crippen molar-refractivity contribution >= 4 is 23.3 Å². The maximum atomic E-state index is 11.6. The first-order chi connectivity index (χ1) is 12.6. The molecule has 0 amide bonds. The summed E-state index contributed by atoms with van der Waals surface area (Å²) in [5.74, 6) is 0.921. The van der Waals surface area contributed by atoms with Crippen LogP contribution in [0.2, 0.25) is 5.02 Å².